The van der Waals surface area contributed by atoms with Crippen molar-refractivity contribution in [3.63, 3.8) is 0 Å². The van der Waals surface area contributed by atoms with Gasteiger partial charge in [0.05, 0.1) is 10.7 Å². The predicted molar refractivity (Wildman–Crippen MR) is 102 cm³/mol. The van der Waals surface area contributed by atoms with Crippen LogP contribution < -0.4 is 4.80 Å². The summed E-state index contributed by atoms with van der Waals surface area (Å²) in [5.74, 6) is 0.562. The number of halogens is 2. The Labute approximate surface area is 151 Å². The van der Waals surface area contributed by atoms with Crippen molar-refractivity contribution in [2.24, 2.45) is 16.0 Å². The molecule has 0 aliphatic heterocycles. The molecule has 1 aromatic heterocycles. The second-order valence-electron chi connectivity index (χ2n) is 5.75. The molecule has 0 spiro atoms. The van der Waals surface area contributed by atoms with Gasteiger partial charge in [0.2, 0.25) is 4.80 Å². The molecule has 0 aliphatic rings. The molecule has 0 unspecified atom stereocenters. The molecule has 3 nitrogen and oxygen atoms in total. The molecule has 2 aromatic rings. The quantitative estimate of drug-likeness (QED) is 0.603. The van der Waals surface area contributed by atoms with E-state index in [0.717, 1.165) is 28.2 Å². The van der Waals surface area contributed by atoms with Gasteiger partial charge in [0.15, 0.2) is 0 Å². The van der Waals surface area contributed by atoms with E-state index in [1.807, 2.05) is 36.0 Å². The van der Waals surface area contributed by atoms with Crippen molar-refractivity contribution >= 4 is 40.3 Å². The van der Waals surface area contributed by atoms with E-state index >= 15 is 0 Å². The van der Waals surface area contributed by atoms with Gasteiger partial charge in [0.1, 0.15) is 0 Å². The van der Waals surface area contributed by atoms with Crippen LogP contribution in [-0.4, -0.2) is 16.9 Å². The first-order valence-electron chi connectivity index (χ1n) is 7.63. The molecule has 0 amide bonds. The van der Waals surface area contributed by atoms with E-state index in [0.29, 0.717) is 22.5 Å². The fourth-order valence-electron chi connectivity index (χ4n) is 2.32. The van der Waals surface area contributed by atoms with Crippen molar-refractivity contribution in [3.05, 3.63) is 38.4 Å². The third kappa shape index (κ3) is 4.69. The normalized spacial score (nSPS) is 13.2. The molecule has 1 aromatic carbocycles. The summed E-state index contributed by atoms with van der Waals surface area (Å²) in [7, 11) is 0. The number of nitrogens with zero attached hydrogens (tertiary/aromatic N) is 3. The van der Waals surface area contributed by atoms with E-state index in [4.69, 9.17) is 28.3 Å². The summed E-state index contributed by atoms with van der Waals surface area (Å²) < 4.78 is 1.89. The second kappa shape index (κ2) is 8.13. The van der Waals surface area contributed by atoms with Crippen LogP contribution in [0.15, 0.2) is 33.7 Å². The minimum absolute atomic E-state index is 0.562. The summed E-state index contributed by atoms with van der Waals surface area (Å²) in [5, 5.41) is 8.05. The Morgan fingerprint density at radius 1 is 1.30 bits per heavy atom. The van der Waals surface area contributed by atoms with Gasteiger partial charge in [-0.05, 0) is 44.4 Å². The number of aromatic nitrogens is 1. The van der Waals surface area contributed by atoms with Gasteiger partial charge in [0.25, 0.3) is 0 Å². The van der Waals surface area contributed by atoms with E-state index in [9.17, 15) is 0 Å². The molecule has 0 atom stereocenters. The molecule has 0 aliphatic carbocycles. The molecule has 124 valence electrons. The fraction of sp³-hybridized carbons (Fsp3) is 0.412. The molecule has 0 saturated heterocycles. The zero-order valence-electron chi connectivity index (χ0n) is 13.8. The Morgan fingerprint density at radius 2 is 2.04 bits per heavy atom. The highest BCUT2D eigenvalue weighted by molar-refractivity contribution is 7.07. The maximum absolute atomic E-state index is 6.37. The maximum atomic E-state index is 6.37. The van der Waals surface area contributed by atoms with E-state index in [-0.39, 0.29) is 0 Å². The summed E-state index contributed by atoms with van der Waals surface area (Å²) >= 11 is 13.9. The second-order valence-corrected chi connectivity index (χ2v) is 7.43. The Kier molecular flexibility index (Phi) is 6.45. The van der Waals surface area contributed by atoms with Crippen molar-refractivity contribution in [2.75, 3.05) is 6.54 Å². The Balaban J connectivity index is 2.59. The van der Waals surface area contributed by atoms with Crippen molar-refractivity contribution in [1.29, 1.82) is 0 Å². The number of thiazole rings is 1. The smallest absolute Gasteiger partial charge is 0.206 e. The number of benzene rings is 1. The van der Waals surface area contributed by atoms with Crippen LogP contribution in [0.4, 0.5) is 0 Å². The lowest BCUT2D eigenvalue weighted by molar-refractivity contribution is 0.675. The topological polar surface area (TPSA) is 29.6 Å². The van der Waals surface area contributed by atoms with Gasteiger partial charge in [-0.3, -0.25) is 4.99 Å². The van der Waals surface area contributed by atoms with Crippen LogP contribution in [0.1, 0.15) is 34.1 Å². The highest BCUT2D eigenvalue weighted by atomic mass is 35.5. The van der Waals surface area contributed by atoms with Crippen LogP contribution >= 0.6 is 34.5 Å². The monoisotopic (exact) mass is 369 g/mol. The SMILES string of the molecule is CCN=c1scc(-c2ccc(Cl)cc2Cl)n1N=C(C)CC(C)C. The van der Waals surface area contributed by atoms with Crippen LogP contribution in [-0.2, 0) is 0 Å². The molecule has 0 radical (unpaired) electrons. The van der Waals surface area contributed by atoms with Crippen molar-refractivity contribution in [3.8, 4) is 11.3 Å². The zero-order chi connectivity index (χ0) is 17.0. The molecule has 0 fully saturated rings. The first-order valence-corrected chi connectivity index (χ1v) is 9.26. The zero-order valence-corrected chi connectivity index (χ0v) is 16.1. The van der Waals surface area contributed by atoms with Gasteiger partial charge >= 0.3 is 0 Å². The minimum Gasteiger partial charge on any atom is -0.258 e. The van der Waals surface area contributed by atoms with Gasteiger partial charge in [0, 0.05) is 28.2 Å². The third-order valence-corrected chi connectivity index (χ3v) is 4.56. The van der Waals surface area contributed by atoms with Gasteiger partial charge in [-0.2, -0.15) is 5.10 Å². The molecule has 0 N–H and O–H groups in total. The molecular formula is C17H21Cl2N3S. The number of rotatable bonds is 5. The average Bonchev–Trinajstić information content (AvgIpc) is 2.81. The van der Waals surface area contributed by atoms with E-state index in [1.54, 1.807) is 17.4 Å². The van der Waals surface area contributed by atoms with Crippen LogP contribution in [0.25, 0.3) is 11.3 Å². The standard InChI is InChI=1S/C17H21Cl2N3S/c1-5-20-17-22(21-12(4)8-11(2)3)16(10-23-17)14-7-6-13(18)9-15(14)19/h6-7,9-11H,5,8H2,1-4H3. The molecule has 0 bridgehead atoms. The van der Waals surface area contributed by atoms with Crippen molar-refractivity contribution in [1.82, 2.24) is 4.68 Å². The first-order chi connectivity index (χ1) is 10.9. The van der Waals surface area contributed by atoms with Gasteiger partial charge in [-0.15, -0.1) is 11.3 Å². The predicted octanol–water partition coefficient (Wildman–Crippen LogP) is 5.71. The Hall–Kier alpha value is -1.10. The van der Waals surface area contributed by atoms with Crippen LogP contribution in [0.2, 0.25) is 10.0 Å². The largest absolute Gasteiger partial charge is 0.258 e. The molecule has 1 heterocycles. The summed E-state index contributed by atoms with van der Waals surface area (Å²) in [6.45, 7) is 9.15. The molecule has 2 rings (SSSR count). The molecular weight excluding hydrogens is 349 g/mol. The molecule has 6 heteroatoms. The minimum atomic E-state index is 0.562. The maximum Gasteiger partial charge on any atom is 0.206 e. The summed E-state index contributed by atoms with van der Waals surface area (Å²) in [6, 6.07) is 5.51. The Morgan fingerprint density at radius 3 is 2.65 bits per heavy atom. The molecule has 23 heavy (non-hydrogen) atoms. The number of hydrogen-bond donors (Lipinski definition) is 0. The highest BCUT2D eigenvalue weighted by Gasteiger charge is 2.12. The lowest BCUT2D eigenvalue weighted by Gasteiger charge is -2.09. The average molecular weight is 370 g/mol. The van der Waals surface area contributed by atoms with Crippen LogP contribution in [0.3, 0.4) is 0 Å². The van der Waals surface area contributed by atoms with Gasteiger partial charge < -0.3 is 0 Å². The van der Waals surface area contributed by atoms with Crippen molar-refractivity contribution < 1.29 is 0 Å². The van der Waals surface area contributed by atoms with Crippen LogP contribution in [0.5, 0.6) is 0 Å². The first kappa shape index (κ1) is 18.2. The van der Waals surface area contributed by atoms with Crippen LogP contribution in [0, 0.1) is 5.92 Å². The summed E-state index contributed by atoms with van der Waals surface area (Å²) in [6.07, 6.45) is 0.947. The molecule has 0 saturated carbocycles. The third-order valence-electron chi connectivity index (χ3n) is 3.16. The van der Waals surface area contributed by atoms with E-state index in [1.165, 1.54) is 0 Å². The van der Waals surface area contributed by atoms with Gasteiger partial charge in [-0.25, -0.2) is 4.68 Å². The van der Waals surface area contributed by atoms with Crippen molar-refractivity contribution in [2.45, 2.75) is 34.1 Å². The lowest BCUT2D eigenvalue weighted by atomic mass is 10.1. The number of hydrogen-bond acceptors (Lipinski definition) is 3. The van der Waals surface area contributed by atoms with Gasteiger partial charge in [-0.1, -0.05) is 37.0 Å². The highest BCUT2D eigenvalue weighted by Crippen LogP contribution is 2.30. The summed E-state index contributed by atoms with van der Waals surface area (Å²) in [5.41, 5.74) is 2.92. The Bertz CT molecular complexity index is 772. The fourth-order valence-corrected chi connectivity index (χ4v) is 3.72. The lowest BCUT2D eigenvalue weighted by Crippen LogP contribution is -2.14. The van der Waals surface area contributed by atoms with E-state index in [2.05, 4.69) is 18.8 Å². The van der Waals surface area contributed by atoms with E-state index < -0.39 is 0 Å². The summed E-state index contributed by atoms with van der Waals surface area (Å²) in [4.78, 5) is 5.41.